The number of rotatable bonds is 18. The lowest BCUT2D eigenvalue weighted by atomic mass is 9.86. The molecular formula is C44H60N2O3. The van der Waals surface area contributed by atoms with E-state index in [1.54, 1.807) is 0 Å². The van der Waals surface area contributed by atoms with Gasteiger partial charge in [0.2, 0.25) is 0 Å². The highest BCUT2D eigenvalue weighted by molar-refractivity contribution is 5.45. The third-order valence-corrected chi connectivity index (χ3v) is 9.88. The number of hydrogen-bond acceptors (Lipinski definition) is 5. The van der Waals surface area contributed by atoms with Crippen LogP contribution in [0.4, 0.5) is 0 Å². The minimum atomic E-state index is 0.0676. The van der Waals surface area contributed by atoms with Crippen LogP contribution in [0.2, 0.25) is 0 Å². The van der Waals surface area contributed by atoms with Gasteiger partial charge in [0.1, 0.15) is 11.5 Å². The third kappa shape index (κ3) is 10.7. The summed E-state index contributed by atoms with van der Waals surface area (Å²) in [5.74, 6) is 0.778. The van der Waals surface area contributed by atoms with E-state index in [0.29, 0.717) is 48.9 Å². The molecule has 0 unspecified atom stereocenters. The normalized spacial score (nSPS) is 13.3. The molecule has 5 heteroatoms. The lowest BCUT2D eigenvalue weighted by molar-refractivity contribution is 0.107. The zero-order chi connectivity index (χ0) is 35.5. The van der Waals surface area contributed by atoms with Crippen molar-refractivity contribution >= 4 is 0 Å². The first-order valence-corrected chi connectivity index (χ1v) is 18.3. The van der Waals surface area contributed by atoms with Crippen LogP contribution in [-0.4, -0.2) is 57.3 Å². The first kappa shape index (κ1) is 38.2. The summed E-state index contributed by atoms with van der Waals surface area (Å²) in [6, 6.07) is 34.6. The van der Waals surface area contributed by atoms with E-state index in [4.69, 9.17) is 4.74 Å². The SMILES string of the molecule is CC(C)N(CC[C@H](c1ccccc1)c1cc(COCc2ccc(O)c([C@@H](CCN(C(C)C)C(C)C)c3ccccc3)c2)ccc1O)C(C)C. The van der Waals surface area contributed by atoms with Gasteiger partial charge in [-0.15, -0.1) is 0 Å². The average molecular weight is 665 g/mol. The minimum absolute atomic E-state index is 0.0676. The Kier molecular flexibility index (Phi) is 14.3. The summed E-state index contributed by atoms with van der Waals surface area (Å²) in [6.07, 6.45) is 1.81. The number of phenolic OH excluding ortho intramolecular Hbond substituents is 2. The molecular weight excluding hydrogens is 604 g/mol. The molecule has 0 amide bonds. The summed E-state index contributed by atoms with van der Waals surface area (Å²) in [6.45, 7) is 20.7. The first-order valence-electron chi connectivity index (χ1n) is 18.3. The molecule has 4 rings (SSSR count). The maximum atomic E-state index is 11.1. The standard InChI is InChI=1S/C44H60N2O3/c1-31(2)45(32(3)4)25-23-39(37-15-11-9-12-16-37)41-27-35(19-21-43(41)47)29-49-30-36-20-22-44(48)42(28-36)40(38-17-13-10-14-18-38)24-26-46(33(5)6)34(7)8/h9-22,27-28,31-34,39-40,47-48H,23-26,29-30H2,1-8H3/t39-,40+. The van der Waals surface area contributed by atoms with Crippen LogP contribution in [0.15, 0.2) is 97.1 Å². The monoisotopic (exact) mass is 664 g/mol. The fourth-order valence-electron chi connectivity index (χ4n) is 7.39. The highest BCUT2D eigenvalue weighted by atomic mass is 16.5. The minimum Gasteiger partial charge on any atom is -0.508 e. The molecule has 0 aliphatic heterocycles. The molecule has 0 saturated heterocycles. The molecule has 0 heterocycles. The molecule has 0 aliphatic rings. The predicted molar refractivity (Wildman–Crippen MR) is 204 cm³/mol. The summed E-state index contributed by atoms with van der Waals surface area (Å²) in [5.41, 5.74) is 6.35. The van der Waals surface area contributed by atoms with Crippen molar-refractivity contribution in [2.24, 2.45) is 0 Å². The van der Waals surface area contributed by atoms with Crippen molar-refractivity contribution in [3.63, 3.8) is 0 Å². The lowest BCUT2D eigenvalue weighted by Gasteiger charge is -2.32. The number of aromatic hydroxyl groups is 2. The van der Waals surface area contributed by atoms with Gasteiger partial charge in [-0.3, -0.25) is 9.80 Å². The molecule has 4 aromatic carbocycles. The van der Waals surface area contributed by atoms with Crippen molar-refractivity contribution in [3.05, 3.63) is 130 Å². The van der Waals surface area contributed by atoms with E-state index >= 15 is 0 Å². The van der Waals surface area contributed by atoms with Gasteiger partial charge in [0, 0.05) is 47.1 Å². The van der Waals surface area contributed by atoms with E-state index in [0.717, 1.165) is 48.2 Å². The number of ether oxygens (including phenoxy) is 1. The number of phenols is 2. The molecule has 4 aromatic rings. The largest absolute Gasteiger partial charge is 0.508 e. The molecule has 0 aromatic heterocycles. The average Bonchev–Trinajstić information content (AvgIpc) is 3.07. The smallest absolute Gasteiger partial charge is 0.119 e. The van der Waals surface area contributed by atoms with Crippen LogP contribution >= 0.6 is 0 Å². The van der Waals surface area contributed by atoms with Crippen molar-refractivity contribution < 1.29 is 14.9 Å². The van der Waals surface area contributed by atoms with Crippen molar-refractivity contribution in [1.29, 1.82) is 0 Å². The molecule has 2 atom stereocenters. The van der Waals surface area contributed by atoms with Crippen LogP contribution < -0.4 is 0 Å². The highest BCUT2D eigenvalue weighted by Crippen LogP contribution is 2.37. The quantitative estimate of drug-likeness (QED) is 0.111. The summed E-state index contributed by atoms with van der Waals surface area (Å²) < 4.78 is 6.31. The molecule has 0 bridgehead atoms. The Hall–Kier alpha value is -3.64. The van der Waals surface area contributed by atoms with Gasteiger partial charge in [0.15, 0.2) is 0 Å². The topological polar surface area (TPSA) is 56.2 Å². The van der Waals surface area contributed by atoms with E-state index < -0.39 is 0 Å². The van der Waals surface area contributed by atoms with Crippen LogP contribution in [0.1, 0.15) is 113 Å². The summed E-state index contributed by atoms with van der Waals surface area (Å²) in [4.78, 5) is 5.03. The predicted octanol–water partition coefficient (Wildman–Crippen LogP) is 10.1. The van der Waals surface area contributed by atoms with E-state index in [9.17, 15) is 10.2 Å². The molecule has 49 heavy (non-hydrogen) atoms. The Bertz CT molecular complexity index is 1420. The number of hydrogen-bond donors (Lipinski definition) is 2. The van der Waals surface area contributed by atoms with Gasteiger partial charge in [-0.1, -0.05) is 72.8 Å². The van der Waals surface area contributed by atoms with Gasteiger partial charge in [-0.2, -0.15) is 0 Å². The second-order valence-electron chi connectivity index (χ2n) is 14.6. The Morgan fingerprint density at radius 1 is 0.490 bits per heavy atom. The van der Waals surface area contributed by atoms with Gasteiger partial charge in [-0.05, 0) is 128 Å². The third-order valence-electron chi connectivity index (χ3n) is 9.88. The van der Waals surface area contributed by atoms with Crippen LogP contribution in [0.3, 0.4) is 0 Å². The fourth-order valence-corrected chi connectivity index (χ4v) is 7.39. The Morgan fingerprint density at radius 2 is 0.837 bits per heavy atom. The molecule has 0 fully saturated rings. The molecule has 5 nitrogen and oxygen atoms in total. The van der Waals surface area contributed by atoms with Gasteiger partial charge in [0.25, 0.3) is 0 Å². The maximum Gasteiger partial charge on any atom is 0.119 e. The van der Waals surface area contributed by atoms with Crippen LogP contribution in [-0.2, 0) is 18.0 Å². The zero-order valence-electron chi connectivity index (χ0n) is 31.1. The van der Waals surface area contributed by atoms with E-state index in [-0.39, 0.29) is 11.8 Å². The number of benzene rings is 4. The molecule has 264 valence electrons. The van der Waals surface area contributed by atoms with E-state index in [1.165, 1.54) is 11.1 Å². The van der Waals surface area contributed by atoms with Crippen LogP contribution in [0.5, 0.6) is 11.5 Å². The van der Waals surface area contributed by atoms with Crippen LogP contribution in [0, 0.1) is 0 Å². The molecule has 2 N–H and O–H groups in total. The van der Waals surface area contributed by atoms with Crippen LogP contribution in [0.25, 0.3) is 0 Å². The molecule has 0 aliphatic carbocycles. The van der Waals surface area contributed by atoms with Gasteiger partial charge >= 0.3 is 0 Å². The molecule has 0 radical (unpaired) electrons. The Balaban J connectivity index is 1.52. The lowest BCUT2D eigenvalue weighted by Crippen LogP contribution is -2.38. The maximum absolute atomic E-state index is 11.1. The van der Waals surface area contributed by atoms with E-state index in [1.807, 2.05) is 36.4 Å². The summed E-state index contributed by atoms with van der Waals surface area (Å²) in [7, 11) is 0. The number of nitrogens with zero attached hydrogens (tertiary/aromatic N) is 2. The Labute approximate surface area is 296 Å². The summed E-state index contributed by atoms with van der Waals surface area (Å²) in [5, 5.41) is 22.2. The first-order chi connectivity index (χ1) is 23.5. The Morgan fingerprint density at radius 3 is 1.16 bits per heavy atom. The van der Waals surface area contributed by atoms with Gasteiger partial charge in [0.05, 0.1) is 13.2 Å². The zero-order valence-corrected chi connectivity index (χ0v) is 31.1. The molecule has 0 saturated carbocycles. The molecule has 0 spiro atoms. The summed E-state index contributed by atoms with van der Waals surface area (Å²) >= 11 is 0. The van der Waals surface area contributed by atoms with Gasteiger partial charge in [-0.25, -0.2) is 0 Å². The second kappa shape index (κ2) is 18.4. The van der Waals surface area contributed by atoms with E-state index in [2.05, 4.69) is 126 Å². The van der Waals surface area contributed by atoms with Crippen molar-refractivity contribution in [3.8, 4) is 11.5 Å². The second-order valence-corrected chi connectivity index (χ2v) is 14.6. The van der Waals surface area contributed by atoms with Crippen molar-refractivity contribution in [2.75, 3.05) is 13.1 Å². The van der Waals surface area contributed by atoms with Crippen molar-refractivity contribution in [2.45, 2.75) is 117 Å². The van der Waals surface area contributed by atoms with Crippen molar-refractivity contribution in [1.82, 2.24) is 9.80 Å². The highest BCUT2D eigenvalue weighted by Gasteiger charge is 2.23. The fraction of sp³-hybridized carbons (Fsp3) is 0.455. The van der Waals surface area contributed by atoms with Gasteiger partial charge < -0.3 is 14.9 Å².